The van der Waals surface area contributed by atoms with Crippen molar-refractivity contribution in [3.8, 4) is 5.75 Å². The third-order valence-electron chi connectivity index (χ3n) is 4.46. The van der Waals surface area contributed by atoms with Gasteiger partial charge in [-0.3, -0.25) is 4.79 Å². The van der Waals surface area contributed by atoms with Crippen LogP contribution in [0.15, 0.2) is 87.2 Å². The number of rotatable bonds is 5. The Morgan fingerprint density at radius 2 is 1.76 bits per heavy atom. The van der Waals surface area contributed by atoms with E-state index in [1.165, 1.54) is 4.68 Å². The van der Waals surface area contributed by atoms with E-state index in [0.29, 0.717) is 16.7 Å². The molecule has 29 heavy (non-hydrogen) atoms. The van der Waals surface area contributed by atoms with Crippen LogP contribution in [0.1, 0.15) is 17.0 Å². The highest BCUT2D eigenvalue weighted by atomic mass is 79.9. The van der Waals surface area contributed by atoms with E-state index in [-0.39, 0.29) is 12.2 Å². The van der Waals surface area contributed by atoms with Gasteiger partial charge in [-0.05, 0) is 48.4 Å². The average molecular weight is 448 g/mol. The minimum atomic E-state index is -0.229. The van der Waals surface area contributed by atoms with Gasteiger partial charge in [0.25, 0.3) is 5.56 Å². The Morgan fingerprint density at radius 3 is 2.55 bits per heavy atom. The van der Waals surface area contributed by atoms with E-state index in [1.807, 2.05) is 73.7 Å². The number of benzene rings is 3. The van der Waals surface area contributed by atoms with Crippen molar-refractivity contribution in [1.29, 1.82) is 0 Å². The molecule has 0 amide bonds. The summed E-state index contributed by atoms with van der Waals surface area (Å²) < 4.78 is 8.22. The first-order valence-corrected chi connectivity index (χ1v) is 9.90. The lowest BCUT2D eigenvalue weighted by Crippen LogP contribution is -2.23. The van der Waals surface area contributed by atoms with Crippen LogP contribution >= 0.6 is 15.9 Å². The van der Waals surface area contributed by atoms with Crippen molar-refractivity contribution in [1.82, 2.24) is 9.66 Å². The zero-order valence-corrected chi connectivity index (χ0v) is 17.3. The van der Waals surface area contributed by atoms with Crippen LogP contribution in [0.3, 0.4) is 0 Å². The molecule has 0 N–H and O–H groups in total. The van der Waals surface area contributed by atoms with Gasteiger partial charge in [-0.15, -0.1) is 0 Å². The zero-order valence-electron chi connectivity index (χ0n) is 15.7. The maximum atomic E-state index is 13.0. The Balaban J connectivity index is 1.75. The van der Waals surface area contributed by atoms with Crippen LogP contribution < -0.4 is 10.3 Å². The molecule has 5 nitrogen and oxygen atoms in total. The van der Waals surface area contributed by atoms with E-state index < -0.39 is 0 Å². The minimum absolute atomic E-state index is 0.128. The van der Waals surface area contributed by atoms with Crippen molar-refractivity contribution in [3.63, 3.8) is 0 Å². The number of hydrogen-bond donors (Lipinski definition) is 0. The van der Waals surface area contributed by atoms with Crippen LogP contribution in [-0.4, -0.2) is 15.9 Å². The highest BCUT2D eigenvalue weighted by Crippen LogP contribution is 2.18. The maximum absolute atomic E-state index is 13.0. The first-order chi connectivity index (χ1) is 14.1. The Kier molecular flexibility index (Phi) is 5.53. The van der Waals surface area contributed by atoms with Gasteiger partial charge in [0.05, 0.1) is 17.1 Å². The van der Waals surface area contributed by atoms with Gasteiger partial charge in [-0.2, -0.15) is 9.78 Å². The summed E-state index contributed by atoms with van der Waals surface area (Å²) in [6, 6.07) is 22.6. The van der Waals surface area contributed by atoms with Crippen molar-refractivity contribution >= 4 is 33.0 Å². The van der Waals surface area contributed by atoms with Crippen LogP contribution in [0.5, 0.6) is 5.75 Å². The zero-order chi connectivity index (χ0) is 20.2. The third-order valence-corrected chi connectivity index (χ3v) is 4.99. The van der Waals surface area contributed by atoms with Gasteiger partial charge in [0.15, 0.2) is 5.82 Å². The Bertz CT molecular complexity index is 1250. The maximum Gasteiger partial charge on any atom is 0.282 e. The van der Waals surface area contributed by atoms with E-state index in [4.69, 9.17) is 4.74 Å². The fourth-order valence-electron chi connectivity index (χ4n) is 2.92. The fourth-order valence-corrected chi connectivity index (χ4v) is 3.18. The second-order valence-corrected chi connectivity index (χ2v) is 7.43. The molecule has 0 aliphatic rings. The third kappa shape index (κ3) is 4.27. The van der Waals surface area contributed by atoms with Crippen molar-refractivity contribution in [3.05, 3.63) is 105 Å². The number of ether oxygens (including phenoxy) is 1. The largest absolute Gasteiger partial charge is 0.485 e. The van der Waals surface area contributed by atoms with Gasteiger partial charge >= 0.3 is 0 Å². The molecule has 0 saturated carbocycles. The topological polar surface area (TPSA) is 56.5 Å². The predicted molar refractivity (Wildman–Crippen MR) is 119 cm³/mol. The number of para-hydroxylation sites is 2. The second-order valence-electron chi connectivity index (χ2n) is 6.51. The van der Waals surface area contributed by atoms with Crippen LogP contribution in [0.2, 0.25) is 0 Å². The van der Waals surface area contributed by atoms with Crippen LogP contribution in [0.4, 0.5) is 0 Å². The molecule has 4 aromatic rings. The number of halogens is 1. The first-order valence-electron chi connectivity index (χ1n) is 9.11. The van der Waals surface area contributed by atoms with Crippen molar-refractivity contribution in [2.45, 2.75) is 13.5 Å². The summed E-state index contributed by atoms with van der Waals surface area (Å²) in [4.78, 5) is 17.7. The van der Waals surface area contributed by atoms with E-state index in [0.717, 1.165) is 21.3 Å². The summed E-state index contributed by atoms with van der Waals surface area (Å²) >= 11 is 3.41. The molecule has 4 rings (SSSR count). The number of fused-ring (bicyclic) bond motifs is 1. The first kappa shape index (κ1) is 19.1. The normalized spacial score (nSPS) is 11.2. The van der Waals surface area contributed by atoms with E-state index in [1.54, 1.807) is 12.3 Å². The molecule has 144 valence electrons. The number of nitrogens with zero attached hydrogens (tertiary/aromatic N) is 3. The molecular formula is C23H18BrN3O2. The number of aromatic nitrogens is 2. The Morgan fingerprint density at radius 1 is 1.03 bits per heavy atom. The van der Waals surface area contributed by atoms with Gasteiger partial charge in [0, 0.05) is 4.47 Å². The molecule has 0 saturated heterocycles. The molecule has 0 spiro atoms. The Hall–Kier alpha value is -3.25. The lowest BCUT2D eigenvalue weighted by atomic mass is 10.2. The average Bonchev–Trinajstić information content (AvgIpc) is 2.74. The summed E-state index contributed by atoms with van der Waals surface area (Å²) in [6.45, 7) is 2.10. The van der Waals surface area contributed by atoms with Gasteiger partial charge in [0.1, 0.15) is 12.4 Å². The van der Waals surface area contributed by atoms with Crippen molar-refractivity contribution in [2.75, 3.05) is 0 Å². The molecule has 0 radical (unpaired) electrons. The molecule has 0 aliphatic carbocycles. The molecular weight excluding hydrogens is 430 g/mol. The van der Waals surface area contributed by atoms with E-state index in [9.17, 15) is 4.79 Å². The van der Waals surface area contributed by atoms with Gasteiger partial charge in [0.2, 0.25) is 0 Å². The van der Waals surface area contributed by atoms with Crippen LogP contribution in [0, 0.1) is 6.92 Å². The summed E-state index contributed by atoms with van der Waals surface area (Å²) in [5.74, 6) is 1.18. The lowest BCUT2D eigenvalue weighted by molar-refractivity contribution is 0.287. The highest BCUT2D eigenvalue weighted by Gasteiger charge is 2.11. The molecule has 1 aromatic heterocycles. The summed E-state index contributed by atoms with van der Waals surface area (Å²) in [5.41, 5.74) is 2.28. The van der Waals surface area contributed by atoms with Crippen molar-refractivity contribution < 1.29 is 4.74 Å². The lowest BCUT2D eigenvalue weighted by Gasteiger charge is -2.12. The molecule has 0 unspecified atom stereocenters. The van der Waals surface area contributed by atoms with Crippen molar-refractivity contribution in [2.24, 2.45) is 5.10 Å². The van der Waals surface area contributed by atoms with Crippen LogP contribution in [-0.2, 0) is 6.61 Å². The molecule has 1 heterocycles. The molecule has 0 atom stereocenters. The monoisotopic (exact) mass is 447 g/mol. The molecule has 0 fully saturated rings. The quantitative estimate of drug-likeness (QED) is 0.407. The molecule has 6 heteroatoms. The fraction of sp³-hybridized carbons (Fsp3) is 0.0870. The minimum Gasteiger partial charge on any atom is -0.485 e. The second kappa shape index (κ2) is 8.41. The Labute approximate surface area is 176 Å². The molecule has 0 bridgehead atoms. The predicted octanol–water partition coefficient (Wildman–Crippen LogP) is 4.93. The summed E-state index contributed by atoms with van der Waals surface area (Å²) in [7, 11) is 0. The van der Waals surface area contributed by atoms with E-state index in [2.05, 4.69) is 26.0 Å². The van der Waals surface area contributed by atoms with Gasteiger partial charge < -0.3 is 4.74 Å². The highest BCUT2D eigenvalue weighted by molar-refractivity contribution is 9.10. The van der Waals surface area contributed by atoms with Gasteiger partial charge in [-0.25, -0.2) is 4.98 Å². The summed E-state index contributed by atoms with van der Waals surface area (Å²) in [5, 5.41) is 4.93. The molecule has 3 aromatic carbocycles. The van der Waals surface area contributed by atoms with E-state index >= 15 is 0 Å². The SMILES string of the molecule is Cc1ccccc1OCc1nc2ccccc2c(=O)n1/N=C/c1ccc(Br)cc1. The van der Waals surface area contributed by atoms with Crippen LogP contribution in [0.25, 0.3) is 10.9 Å². The smallest absolute Gasteiger partial charge is 0.282 e. The molecule has 0 aliphatic heterocycles. The standard InChI is InChI=1S/C23H18BrN3O2/c1-16-6-2-5-9-21(16)29-15-22-26-20-8-4-3-7-19(20)23(28)27(22)25-14-17-10-12-18(24)13-11-17/h2-14H,15H2,1H3/b25-14+. The number of hydrogen-bond acceptors (Lipinski definition) is 4. The summed E-state index contributed by atoms with van der Waals surface area (Å²) in [6.07, 6.45) is 1.64. The van der Waals surface area contributed by atoms with Gasteiger partial charge in [-0.1, -0.05) is 58.4 Å². The number of aryl methyl sites for hydroxylation is 1.